The first-order chi connectivity index (χ1) is 9.56. The topological polar surface area (TPSA) is 41.5 Å². The summed E-state index contributed by atoms with van der Waals surface area (Å²) in [5.74, 6) is -1.34. The van der Waals surface area contributed by atoms with E-state index in [1.807, 2.05) is 0 Å². The van der Waals surface area contributed by atoms with Crippen molar-refractivity contribution in [1.29, 1.82) is 0 Å². The van der Waals surface area contributed by atoms with Crippen molar-refractivity contribution in [2.45, 2.75) is 37.9 Å². The number of halogens is 3. The Morgan fingerprint density at radius 3 is 2.70 bits per heavy atom. The second-order valence-corrected chi connectivity index (χ2v) is 5.87. The van der Waals surface area contributed by atoms with Crippen molar-refractivity contribution >= 4 is 21.6 Å². The summed E-state index contributed by atoms with van der Waals surface area (Å²) in [5, 5.41) is 12.6. The summed E-state index contributed by atoms with van der Waals surface area (Å²) >= 11 is 3.09. The van der Waals surface area contributed by atoms with Gasteiger partial charge in [-0.2, -0.15) is 0 Å². The van der Waals surface area contributed by atoms with Crippen LogP contribution in [0.25, 0.3) is 0 Å². The summed E-state index contributed by atoms with van der Waals surface area (Å²) in [5.41, 5.74) is 0.145. The van der Waals surface area contributed by atoms with Crippen LogP contribution >= 0.6 is 15.9 Å². The van der Waals surface area contributed by atoms with Crippen molar-refractivity contribution in [2.75, 3.05) is 18.5 Å². The van der Waals surface area contributed by atoms with Crippen molar-refractivity contribution in [2.24, 2.45) is 0 Å². The Morgan fingerprint density at radius 2 is 2.05 bits per heavy atom. The molecule has 2 N–H and O–H groups in total. The van der Waals surface area contributed by atoms with Crippen molar-refractivity contribution in [3.8, 4) is 0 Å². The maximum absolute atomic E-state index is 13.5. The van der Waals surface area contributed by atoms with Gasteiger partial charge < -0.3 is 15.2 Å². The largest absolute Gasteiger partial charge is 0.389 e. The number of benzene rings is 1. The molecule has 1 fully saturated rings. The molecule has 6 heteroatoms. The van der Waals surface area contributed by atoms with Gasteiger partial charge in [0.25, 0.3) is 0 Å². The van der Waals surface area contributed by atoms with Crippen molar-refractivity contribution in [3.63, 3.8) is 0 Å². The lowest BCUT2D eigenvalue weighted by Crippen LogP contribution is -2.27. The minimum atomic E-state index is -0.730. The molecule has 0 bridgehead atoms. The lowest BCUT2D eigenvalue weighted by molar-refractivity contribution is -0.00119. The molecule has 1 aromatic rings. The fourth-order valence-corrected chi connectivity index (χ4v) is 2.84. The zero-order valence-corrected chi connectivity index (χ0v) is 12.6. The minimum absolute atomic E-state index is 0.145. The number of nitrogens with one attached hydrogen (secondary N) is 1. The zero-order chi connectivity index (χ0) is 14.5. The third kappa shape index (κ3) is 4.40. The van der Waals surface area contributed by atoms with Crippen LogP contribution in [0.15, 0.2) is 16.6 Å². The lowest BCUT2D eigenvalue weighted by atomic mass is 10.2. The first kappa shape index (κ1) is 15.7. The summed E-state index contributed by atoms with van der Waals surface area (Å²) in [6.45, 7) is 0.367. The number of anilines is 1. The molecule has 1 aliphatic rings. The standard InChI is InChI=1S/C14H18BrF2NO2/c15-12-5-9(16)6-13(17)14(12)18-7-10(19)8-20-11-3-1-2-4-11/h5-6,10-11,18-19H,1-4,7-8H2. The number of ether oxygens (including phenoxy) is 1. The maximum atomic E-state index is 13.5. The third-order valence-electron chi connectivity index (χ3n) is 3.35. The Balaban J connectivity index is 1.79. The number of rotatable bonds is 6. The van der Waals surface area contributed by atoms with Gasteiger partial charge >= 0.3 is 0 Å². The molecule has 1 aliphatic carbocycles. The summed E-state index contributed by atoms with van der Waals surface area (Å²) in [4.78, 5) is 0. The van der Waals surface area contributed by atoms with Gasteiger partial charge in [-0.1, -0.05) is 12.8 Å². The molecule has 2 rings (SSSR count). The molecule has 0 aromatic heterocycles. The Hall–Kier alpha value is -0.720. The number of aliphatic hydroxyl groups is 1. The van der Waals surface area contributed by atoms with Gasteiger partial charge in [-0.15, -0.1) is 0 Å². The molecule has 1 unspecified atom stereocenters. The van der Waals surface area contributed by atoms with Crippen LogP contribution in [0.5, 0.6) is 0 Å². The minimum Gasteiger partial charge on any atom is -0.389 e. The number of aliphatic hydroxyl groups excluding tert-OH is 1. The van der Waals surface area contributed by atoms with Gasteiger partial charge in [-0.25, -0.2) is 8.78 Å². The summed E-state index contributed by atoms with van der Waals surface area (Å²) < 4.78 is 32.3. The van der Waals surface area contributed by atoms with Gasteiger partial charge in [0.2, 0.25) is 0 Å². The molecule has 0 heterocycles. The van der Waals surface area contributed by atoms with Crippen molar-refractivity contribution in [3.05, 3.63) is 28.2 Å². The number of hydrogen-bond acceptors (Lipinski definition) is 3. The Bertz CT molecular complexity index is 430. The van der Waals surface area contributed by atoms with Gasteiger partial charge in [0.15, 0.2) is 0 Å². The molecule has 0 aliphatic heterocycles. The van der Waals surface area contributed by atoms with Crippen molar-refractivity contribution < 1.29 is 18.6 Å². The van der Waals surface area contributed by atoms with E-state index in [4.69, 9.17) is 4.74 Å². The molecular formula is C14H18BrF2NO2. The fourth-order valence-electron chi connectivity index (χ4n) is 2.29. The summed E-state index contributed by atoms with van der Waals surface area (Å²) in [7, 11) is 0. The summed E-state index contributed by atoms with van der Waals surface area (Å²) in [6.07, 6.45) is 3.93. The molecule has 112 valence electrons. The first-order valence-electron chi connectivity index (χ1n) is 6.74. The van der Waals surface area contributed by atoms with Crippen LogP contribution in [0.3, 0.4) is 0 Å². The summed E-state index contributed by atoms with van der Waals surface area (Å²) in [6, 6.07) is 1.97. The number of hydrogen-bond donors (Lipinski definition) is 2. The molecule has 0 amide bonds. The molecule has 0 saturated heterocycles. The smallest absolute Gasteiger partial charge is 0.150 e. The Morgan fingerprint density at radius 1 is 1.35 bits per heavy atom. The fraction of sp³-hybridized carbons (Fsp3) is 0.571. The SMILES string of the molecule is OC(CNc1c(F)cc(F)cc1Br)COC1CCCC1. The highest BCUT2D eigenvalue weighted by Gasteiger charge is 2.17. The molecule has 3 nitrogen and oxygen atoms in total. The quantitative estimate of drug-likeness (QED) is 0.826. The average molecular weight is 350 g/mol. The van der Waals surface area contributed by atoms with E-state index in [-0.39, 0.29) is 24.9 Å². The van der Waals surface area contributed by atoms with E-state index >= 15 is 0 Å². The zero-order valence-electron chi connectivity index (χ0n) is 11.0. The van der Waals surface area contributed by atoms with Crippen molar-refractivity contribution in [1.82, 2.24) is 0 Å². The lowest BCUT2D eigenvalue weighted by Gasteiger charge is -2.17. The van der Waals surface area contributed by atoms with Crippen LogP contribution in [0, 0.1) is 11.6 Å². The predicted octanol–water partition coefficient (Wildman–Crippen LogP) is 3.46. The van der Waals surface area contributed by atoms with E-state index in [0.29, 0.717) is 4.47 Å². The van der Waals surface area contributed by atoms with E-state index in [9.17, 15) is 13.9 Å². The normalized spacial score (nSPS) is 17.4. The second-order valence-electron chi connectivity index (χ2n) is 5.02. The highest BCUT2D eigenvalue weighted by atomic mass is 79.9. The Labute approximate surface area is 125 Å². The van der Waals surface area contributed by atoms with E-state index < -0.39 is 17.7 Å². The van der Waals surface area contributed by atoms with Gasteiger partial charge in [-0.05, 0) is 34.8 Å². The third-order valence-corrected chi connectivity index (χ3v) is 3.97. The van der Waals surface area contributed by atoms with Crippen LogP contribution in [0.1, 0.15) is 25.7 Å². The molecular weight excluding hydrogens is 332 g/mol. The average Bonchev–Trinajstić information content (AvgIpc) is 2.88. The van der Waals surface area contributed by atoms with Crippen LogP contribution in [-0.2, 0) is 4.74 Å². The molecule has 0 radical (unpaired) electrons. The van der Waals surface area contributed by atoms with Gasteiger partial charge in [0.1, 0.15) is 11.6 Å². The first-order valence-corrected chi connectivity index (χ1v) is 7.53. The van der Waals surface area contributed by atoms with Gasteiger partial charge in [-0.3, -0.25) is 0 Å². The van der Waals surface area contributed by atoms with E-state index in [2.05, 4.69) is 21.2 Å². The molecule has 1 aromatic carbocycles. The molecule has 1 atom stereocenters. The van der Waals surface area contributed by atoms with Crippen LogP contribution in [0.2, 0.25) is 0 Å². The molecule has 1 saturated carbocycles. The Kier molecular flexibility index (Phi) is 5.74. The van der Waals surface area contributed by atoms with Crippen LogP contribution in [0.4, 0.5) is 14.5 Å². The van der Waals surface area contributed by atoms with Crippen LogP contribution in [-0.4, -0.2) is 30.5 Å². The van der Waals surface area contributed by atoms with E-state index in [0.717, 1.165) is 18.9 Å². The predicted molar refractivity (Wildman–Crippen MR) is 76.8 cm³/mol. The highest BCUT2D eigenvalue weighted by Crippen LogP contribution is 2.27. The highest BCUT2D eigenvalue weighted by molar-refractivity contribution is 9.10. The van der Waals surface area contributed by atoms with E-state index in [1.54, 1.807) is 0 Å². The van der Waals surface area contributed by atoms with Gasteiger partial charge in [0.05, 0.1) is 24.5 Å². The molecule has 20 heavy (non-hydrogen) atoms. The van der Waals surface area contributed by atoms with Crippen LogP contribution < -0.4 is 5.32 Å². The maximum Gasteiger partial charge on any atom is 0.150 e. The second kappa shape index (κ2) is 7.33. The van der Waals surface area contributed by atoms with Gasteiger partial charge in [0, 0.05) is 17.1 Å². The van der Waals surface area contributed by atoms with E-state index in [1.165, 1.54) is 18.9 Å². The molecule has 0 spiro atoms. The monoisotopic (exact) mass is 349 g/mol.